The Morgan fingerprint density at radius 2 is 2.00 bits per heavy atom. The van der Waals surface area contributed by atoms with E-state index in [-0.39, 0.29) is 12.0 Å². The first-order chi connectivity index (χ1) is 14.6. The first-order valence-electron chi connectivity index (χ1n) is 10.8. The van der Waals surface area contributed by atoms with Gasteiger partial charge >= 0.3 is 0 Å². The number of carbonyl (C=O) groups is 1. The highest BCUT2D eigenvalue weighted by Gasteiger charge is 2.25. The summed E-state index contributed by atoms with van der Waals surface area (Å²) in [5.41, 5.74) is 1.93. The predicted molar refractivity (Wildman–Crippen MR) is 123 cm³/mol. The molecule has 1 saturated heterocycles. The van der Waals surface area contributed by atoms with Crippen molar-refractivity contribution in [3.05, 3.63) is 59.1 Å². The molecule has 1 aromatic carbocycles. The molecule has 1 atom stereocenters. The van der Waals surface area contributed by atoms with Crippen molar-refractivity contribution in [1.29, 1.82) is 0 Å². The molecule has 0 bridgehead atoms. The summed E-state index contributed by atoms with van der Waals surface area (Å²) >= 11 is 1.70. The molecule has 0 saturated carbocycles. The fourth-order valence-electron chi connectivity index (χ4n) is 4.03. The number of benzene rings is 1. The number of likely N-dealkylation sites (N-methyl/N-ethyl adjacent to an activating group) is 1. The highest BCUT2D eigenvalue weighted by atomic mass is 32.1. The average Bonchev–Trinajstić information content (AvgIpc) is 3.35. The second kappa shape index (κ2) is 9.77. The van der Waals surface area contributed by atoms with Gasteiger partial charge in [-0.15, -0.1) is 11.3 Å². The summed E-state index contributed by atoms with van der Waals surface area (Å²) in [5, 5.41) is 3.25. The first kappa shape index (κ1) is 21.1. The maximum Gasteiger partial charge on any atom is 0.270 e. The number of nitrogens with zero attached hydrogens (tertiary/aromatic N) is 3. The summed E-state index contributed by atoms with van der Waals surface area (Å²) in [6.07, 6.45) is 3.59. The van der Waals surface area contributed by atoms with E-state index in [0.29, 0.717) is 13.1 Å². The third-order valence-corrected chi connectivity index (χ3v) is 6.65. The van der Waals surface area contributed by atoms with E-state index in [2.05, 4.69) is 39.1 Å². The van der Waals surface area contributed by atoms with Crippen LogP contribution in [0.25, 0.3) is 10.2 Å². The molecule has 1 aliphatic rings. The molecule has 0 N–H and O–H groups in total. The van der Waals surface area contributed by atoms with Gasteiger partial charge in [0.05, 0.1) is 12.6 Å². The van der Waals surface area contributed by atoms with Gasteiger partial charge in [0.1, 0.15) is 10.5 Å². The highest BCUT2D eigenvalue weighted by molar-refractivity contribution is 7.16. The van der Waals surface area contributed by atoms with E-state index < -0.39 is 0 Å². The topological polar surface area (TPSA) is 37.7 Å². The Labute approximate surface area is 182 Å². The Morgan fingerprint density at radius 1 is 1.17 bits per heavy atom. The van der Waals surface area contributed by atoms with Crippen LogP contribution in [-0.2, 0) is 17.8 Å². The highest BCUT2D eigenvalue weighted by Crippen LogP contribution is 2.28. The van der Waals surface area contributed by atoms with Gasteiger partial charge in [0.25, 0.3) is 5.91 Å². The fourth-order valence-corrected chi connectivity index (χ4v) is 4.93. The van der Waals surface area contributed by atoms with Crippen LogP contribution < -0.4 is 0 Å². The molecule has 0 radical (unpaired) electrons. The Hall–Kier alpha value is -2.15. The lowest BCUT2D eigenvalue weighted by Crippen LogP contribution is -2.37. The number of carbonyl (C=O) groups excluding carboxylic acids is 1. The van der Waals surface area contributed by atoms with Crippen LogP contribution in [-0.4, -0.2) is 60.2 Å². The van der Waals surface area contributed by atoms with E-state index in [1.165, 1.54) is 11.3 Å². The van der Waals surface area contributed by atoms with E-state index in [1.807, 2.05) is 37.2 Å². The Kier molecular flexibility index (Phi) is 6.87. The van der Waals surface area contributed by atoms with Gasteiger partial charge in [-0.05, 0) is 56.4 Å². The smallest absolute Gasteiger partial charge is 0.270 e. The number of rotatable bonds is 8. The minimum absolute atomic E-state index is 0.0971. The maximum atomic E-state index is 13.7. The molecule has 1 unspecified atom stereocenters. The molecule has 1 fully saturated rings. The second-order valence-corrected chi connectivity index (χ2v) is 9.22. The SMILES string of the molecule is CN(C)CCN(Cc1ccccc1)C(=O)c1cc2ccsc2n1CC1CCCCO1. The molecule has 5 nitrogen and oxygen atoms in total. The van der Waals surface area contributed by atoms with Gasteiger partial charge in [-0.3, -0.25) is 4.79 Å². The summed E-state index contributed by atoms with van der Waals surface area (Å²) in [6.45, 7) is 3.72. The summed E-state index contributed by atoms with van der Waals surface area (Å²) in [6, 6.07) is 14.4. The van der Waals surface area contributed by atoms with Crippen LogP contribution in [0.2, 0.25) is 0 Å². The molecular weight excluding hydrogens is 394 g/mol. The van der Waals surface area contributed by atoms with Crippen LogP contribution in [0.3, 0.4) is 0 Å². The molecule has 160 valence electrons. The minimum atomic E-state index is 0.0971. The van der Waals surface area contributed by atoms with Gasteiger partial charge in [0.15, 0.2) is 0 Å². The van der Waals surface area contributed by atoms with Crippen molar-refractivity contribution in [2.75, 3.05) is 33.8 Å². The third kappa shape index (κ3) is 4.94. The van der Waals surface area contributed by atoms with Crippen LogP contribution in [0.5, 0.6) is 0 Å². The minimum Gasteiger partial charge on any atom is -0.376 e. The first-order valence-corrected chi connectivity index (χ1v) is 11.7. The van der Waals surface area contributed by atoms with Gasteiger partial charge in [0.2, 0.25) is 0 Å². The molecule has 0 spiro atoms. The molecule has 3 heterocycles. The normalized spacial score (nSPS) is 17.0. The van der Waals surface area contributed by atoms with E-state index in [0.717, 1.165) is 49.2 Å². The second-order valence-electron chi connectivity index (χ2n) is 8.33. The van der Waals surface area contributed by atoms with E-state index >= 15 is 0 Å². The van der Waals surface area contributed by atoms with Crippen molar-refractivity contribution < 1.29 is 9.53 Å². The number of aromatic nitrogens is 1. The van der Waals surface area contributed by atoms with Crippen LogP contribution in [0.15, 0.2) is 47.8 Å². The zero-order valence-electron chi connectivity index (χ0n) is 17.9. The molecule has 2 aromatic heterocycles. The molecule has 30 heavy (non-hydrogen) atoms. The van der Waals surface area contributed by atoms with Crippen LogP contribution in [0.1, 0.15) is 35.3 Å². The molecule has 0 aliphatic carbocycles. The standard InChI is InChI=1S/C24H31N3O2S/c1-25(2)12-13-26(17-19-8-4-3-5-9-19)23(28)22-16-20-11-15-30-24(20)27(22)18-21-10-6-7-14-29-21/h3-5,8-9,11,15-16,21H,6-7,10,12-14,17-18H2,1-2H3. The van der Waals surface area contributed by atoms with Crippen molar-refractivity contribution in [1.82, 2.24) is 14.4 Å². The summed E-state index contributed by atoms with van der Waals surface area (Å²) < 4.78 is 8.20. The fraction of sp³-hybridized carbons (Fsp3) is 0.458. The van der Waals surface area contributed by atoms with Gasteiger partial charge < -0.3 is 19.1 Å². The lowest BCUT2D eigenvalue weighted by molar-refractivity contribution is 0.00625. The largest absolute Gasteiger partial charge is 0.376 e. The third-order valence-electron chi connectivity index (χ3n) is 5.70. The molecule has 1 amide bonds. The van der Waals surface area contributed by atoms with Gasteiger partial charge in [-0.25, -0.2) is 0 Å². The lowest BCUT2D eigenvalue weighted by Gasteiger charge is -2.27. The van der Waals surface area contributed by atoms with Crippen LogP contribution in [0.4, 0.5) is 0 Å². The Morgan fingerprint density at radius 3 is 2.73 bits per heavy atom. The molecule has 6 heteroatoms. The van der Waals surface area contributed by atoms with E-state index in [4.69, 9.17) is 4.74 Å². The molecule has 1 aliphatic heterocycles. The quantitative estimate of drug-likeness (QED) is 0.534. The van der Waals surface area contributed by atoms with Crippen LogP contribution in [0, 0.1) is 0 Å². The molecular formula is C24H31N3O2S. The van der Waals surface area contributed by atoms with Gasteiger partial charge in [0, 0.05) is 31.6 Å². The summed E-state index contributed by atoms with van der Waals surface area (Å²) in [4.78, 5) is 19.0. The lowest BCUT2D eigenvalue weighted by atomic mass is 10.1. The van der Waals surface area contributed by atoms with Gasteiger partial charge in [-0.1, -0.05) is 30.3 Å². The number of ether oxygens (including phenoxy) is 1. The number of fused-ring (bicyclic) bond motifs is 1. The summed E-state index contributed by atoms with van der Waals surface area (Å²) in [5.74, 6) is 0.0971. The molecule has 3 aromatic rings. The maximum absolute atomic E-state index is 13.7. The zero-order chi connectivity index (χ0) is 20.9. The monoisotopic (exact) mass is 425 g/mol. The Bertz CT molecular complexity index is 957. The van der Waals surface area contributed by atoms with E-state index in [9.17, 15) is 4.79 Å². The number of thiophene rings is 1. The summed E-state index contributed by atoms with van der Waals surface area (Å²) in [7, 11) is 4.09. The van der Waals surface area contributed by atoms with Crippen molar-refractivity contribution in [3.63, 3.8) is 0 Å². The molecule has 4 rings (SSSR count). The number of hydrogen-bond donors (Lipinski definition) is 0. The van der Waals surface area contributed by atoms with E-state index in [1.54, 1.807) is 11.3 Å². The average molecular weight is 426 g/mol. The number of amides is 1. The van der Waals surface area contributed by atoms with Crippen LogP contribution >= 0.6 is 11.3 Å². The van der Waals surface area contributed by atoms with Gasteiger partial charge in [-0.2, -0.15) is 0 Å². The number of hydrogen-bond acceptors (Lipinski definition) is 4. The van der Waals surface area contributed by atoms with Crippen molar-refractivity contribution in [2.24, 2.45) is 0 Å². The van der Waals surface area contributed by atoms with Crippen molar-refractivity contribution >= 4 is 27.5 Å². The zero-order valence-corrected chi connectivity index (χ0v) is 18.7. The van der Waals surface area contributed by atoms with Crippen molar-refractivity contribution in [3.8, 4) is 0 Å². The van der Waals surface area contributed by atoms with Crippen molar-refractivity contribution in [2.45, 2.75) is 38.5 Å². The Balaban J connectivity index is 1.62. The predicted octanol–water partition coefficient (Wildman–Crippen LogP) is 4.48.